The molecule has 0 aliphatic heterocycles. The minimum Gasteiger partial charge on any atom is -0.423 e. The van der Waals surface area contributed by atoms with Gasteiger partial charge in [-0.25, -0.2) is 0 Å². The number of hydrogen-bond donors (Lipinski definition) is 1. The number of non-ortho nitro benzene ring substituents is 1. The fourth-order valence-corrected chi connectivity index (χ4v) is 1.55. The van der Waals surface area contributed by atoms with Gasteiger partial charge in [-0.1, -0.05) is 18.9 Å². The van der Waals surface area contributed by atoms with E-state index in [1.807, 2.05) is 6.92 Å². The lowest BCUT2D eigenvalue weighted by molar-refractivity contribution is -0.383. The van der Waals surface area contributed by atoms with Crippen LogP contribution >= 0.6 is 0 Å². The van der Waals surface area contributed by atoms with Gasteiger partial charge in [0.25, 0.3) is 11.7 Å². The smallest absolute Gasteiger partial charge is 0.298 e. The highest BCUT2D eigenvalue weighted by Gasteiger charge is 2.18. The van der Waals surface area contributed by atoms with Crippen LogP contribution < -0.4 is 5.32 Å². The van der Waals surface area contributed by atoms with Gasteiger partial charge < -0.3 is 9.73 Å². The summed E-state index contributed by atoms with van der Waals surface area (Å²) in [6.45, 7) is 1.92. The number of aromatic nitrogens is 1. The first kappa shape index (κ1) is 11.9. The zero-order chi connectivity index (χ0) is 13.1. The third-order valence-electron chi connectivity index (χ3n) is 2.50. The molecule has 0 saturated heterocycles. The van der Waals surface area contributed by atoms with Crippen LogP contribution in [-0.2, 0) is 0 Å². The maximum Gasteiger partial charge on any atom is 0.298 e. The summed E-state index contributed by atoms with van der Waals surface area (Å²) < 4.78 is 5.37. The highest BCUT2D eigenvalue weighted by Crippen LogP contribution is 2.27. The normalized spacial score (nSPS) is 12.0. The minimum absolute atomic E-state index is 0.0851. The molecular weight excluding hydrogens is 234 g/mol. The number of para-hydroxylation sites is 1. The molecule has 0 aliphatic rings. The summed E-state index contributed by atoms with van der Waals surface area (Å²) in [5, 5.41) is 13.7. The van der Waals surface area contributed by atoms with E-state index < -0.39 is 4.92 Å². The summed E-state index contributed by atoms with van der Waals surface area (Å²) in [6, 6.07) is 4.54. The van der Waals surface area contributed by atoms with Crippen LogP contribution in [0.1, 0.15) is 13.3 Å². The van der Waals surface area contributed by atoms with Crippen molar-refractivity contribution in [3.05, 3.63) is 28.3 Å². The number of fused-ring (bicyclic) bond motifs is 1. The fraction of sp³-hybridized carbons (Fsp3) is 0.250. The van der Waals surface area contributed by atoms with Crippen LogP contribution in [-0.4, -0.2) is 15.9 Å². The number of nitrogens with one attached hydrogen (secondary N) is 1. The molecule has 0 bridgehead atoms. The van der Waals surface area contributed by atoms with Crippen LogP contribution in [0.4, 0.5) is 11.7 Å². The van der Waals surface area contributed by atoms with Crippen molar-refractivity contribution in [1.82, 2.24) is 4.98 Å². The Morgan fingerprint density at radius 2 is 2.44 bits per heavy atom. The Morgan fingerprint density at radius 1 is 1.67 bits per heavy atom. The molecule has 1 heterocycles. The van der Waals surface area contributed by atoms with Gasteiger partial charge in [-0.2, -0.15) is 4.98 Å². The molecule has 2 aromatic rings. The minimum atomic E-state index is -0.493. The summed E-state index contributed by atoms with van der Waals surface area (Å²) in [6.07, 6.45) is 6.02. The first-order chi connectivity index (χ1) is 8.65. The maximum atomic E-state index is 10.8. The molecule has 1 N–H and O–H groups in total. The summed E-state index contributed by atoms with van der Waals surface area (Å²) in [7, 11) is 0. The third-order valence-corrected chi connectivity index (χ3v) is 2.50. The molecule has 6 heteroatoms. The summed E-state index contributed by atoms with van der Waals surface area (Å²) >= 11 is 0. The SMILES string of the molecule is C#CC(CC)Nc1nc2c([N+](=O)[O-])cccc2o1. The zero-order valence-electron chi connectivity index (χ0n) is 9.71. The highest BCUT2D eigenvalue weighted by molar-refractivity contribution is 5.84. The van der Waals surface area contributed by atoms with Crippen LogP contribution in [0, 0.1) is 22.5 Å². The topological polar surface area (TPSA) is 81.2 Å². The van der Waals surface area contributed by atoms with E-state index in [0.717, 1.165) is 0 Å². The van der Waals surface area contributed by atoms with Crippen LogP contribution in [0.25, 0.3) is 11.1 Å². The number of benzene rings is 1. The van der Waals surface area contributed by atoms with Crippen LogP contribution in [0.15, 0.2) is 22.6 Å². The van der Waals surface area contributed by atoms with Crippen molar-refractivity contribution in [3.63, 3.8) is 0 Å². The first-order valence-electron chi connectivity index (χ1n) is 5.42. The van der Waals surface area contributed by atoms with E-state index in [1.165, 1.54) is 6.07 Å². The van der Waals surface area contributed by atoms with E-state index in [-0.39, 0.29) is 23.3 Å². The van der Waals surface area contributed by atoms with Crippen molar-refractivity contribution < 1.29 is 9.34 Å². The van der Waals surface area contributed by atoms with Gasteiger partial charge in [-0.05, 0) is 12.5 Å². The number of oxazole rings is 1. The molecule has 0 radical (unpaired) electrons. The van der Waals surface area contributed by atoms with Crippen molar-refractivity contribution in [3.8, 4) is 12.3 Å². The van der Waals surface area contributed by atoms with Crippen LogP contribution in [0.2, 0.25) is 0 Å². The fourth-order valence-electron chi connectivity index (χ4n) is 1.55. The molecule has 0 fully saturated rings. The standard InChI is InChI=1S/C12H11N3O3/c1-3-8(4-2)13-12-14-11-9(15(16)17)6-5-7-10(11)18-12/h1,5-8H,4H2,2H3,(H,13,14). The van der Waals surface area contributed by atoms with Crippen molar-refractivity contribution >= 4 is 22.8 Å². The number of nitrogens with zero attached hydrogens (tertiary/aromatic N) is 2. The van der Waals surface area contributed by atoms with Gasteiger partial charge in [0.05, 0.1) is 11.0 Å². The molecule has 0 aliphatic carbocycles. The monoisotopic (exact) mass is 245 g/mol. The van der Waals surface area contributed by atoms with Gasteiger partial charge in [0.1, 0.15) is 0 Å². The largest absolute Gasteiger partial charge is 0.423 e. The first-order valence-corrected chi connectivity index (χ1v) is 5.42. The third kappa shape index (κ3) is 2.11. The molecule has 1 unspecified atom stereocenters. The van der Waals surface area contributed by atoms with E-state index >= 15 is 0 Å². The van der Waals surface area contributed by atoms with E-state index in [9.17, 15) is 10.1 Å². The Morgan fingerprint density at radius 3 is 3.06 bits per heavy atom. The van der Waals surface area contributed by atoms with Crippen molar-refractivity contribution in [2.45, 2.75) is 19.4 Å². The van der Waals surface area contributed by atoms with Gasteiger partial charge in [-0.3, -0.25) is 10.1 Å². The Bertz CT molecular complexity index is 627. The van der Waals surface area contributed by atoms with Gasteiger partial charge in [0.15, 0.2) is 11.1 Å². The average Bonchev–Trinajstić information content (AvgIpc) is 2.77. The zero-order valence-corrected chi connectivity index (χ0v) is 9.71. The number of terminal acetylenes is 1. The Kier molecular flexibility index (Phi) is 3.15. The second-order valence-electron chi connectivity index (χ2n) is 3.67. The Labute approximate surface area is 103 Å². The summed E-state index contributed by atoms with van der Waals surface area (Å²) in [4.78, 5) is 14.4. The molecule has 0 saturated carbocycles. The summed E-state index contributed by atoms with van der Waals surface area (Å²) in [5.74, 6) is 2.54. The van der Waals surface area contributed by atoms with Crippen molar-refractivity contribution in [2.75, 3.05) is 5.32 Å². The molecule has 1 atom stereocenters. The van der Waals surface area contributed by atoms with Gasteiger partial charge in [0.2, 0.25) is 0 Å². The highest BCUT2D eigenvalue weighted by atomic mass is 16.6. The number of rotatable bonds is 4. The second-order valence-corrected chi connectivity index (χ2v) is 3.67. The second kappa shape index (κ2) is 4.75. The molecule has 0 amide bonds. The molecule has 1 aromatic heterocycles. The molecule has 2 rings (SSSR count). The molecule has 18 heavy (non-hydrogen) atoms. The van der Waals surface area contributed by atoms with Gasteiger partial charge in [0, 0.05) is 6.07 Å². The molecule has 6 nitrogen and oxygen atoms in total. The predicted octanol–water partition coefficient (Wildman–Crippen LogP) is 2.56. The van der Waals surface area contributed by atoms with E-state index in [1.54, 1.807) is 12.1 Å². The molecular formula is C12H11N3O3. The lowest BCUT2D eigenvalue weighted by Crippen LogP contribution is -2.15. The van der Waals surface area contributed by atoms with Crippen molar-refractivity contribution in [1.29, 1.82) is 0 Å². The summed E-state index contributed by atoms with van der Waals surface area (Å²) in [5.41, 5.74) is 0.494. The molecule has 1 aromatic carbocycles. The van der Waals surface area contributed by atoms with Gasteiger partial charge >= 0.3 is 0 Å². The van der Waals surface area contributed by atoms with Crippen molar-refractivity contribution in [2.24, 2.45) is 0 Å². The van der Waals surface area contributed by atoms with Crippen LogP contribution in [0.3, 0.4) is 0 Å². The van der Waals surface area contributed by atoms with E-state index in [4.69, 9.17) is 10.8 Å². The Balaban J connectivity index is 2.42. The van der Waals surface area contributed by atoms with E-state index in [0.29, 0.717) is 12.0 Å². The average molecular weight is 245 g/mol. The van der Waals surface area contributed by atoms with Gasteiger partial charge in [-0.15, -0.1) is 6.42 Å². The lowest BCUT2D eigenvalue weighted by atomic mass is 10.2. The maximum absolute atomic E-state index is 10.8. The molecule has 0 spiro atoms. The molecule has 92 valence electrons. The predicted molar refractivity (Wildman–Crippen MR) is 67.2 cm³/mol. The number of hydrogen-bond acceptors (Lipinski definition) is 5. The lowest BCUT2D eigenvalue weighted by Gasteiger charge is -2.06. The number of nitro groups is 1. The number of anilines is 1. The quantitative estimate of drug-likeness (QED) is 0.508. The number of nitro benzene ring substituents is 1. The van der Waals surface area contributed by atoms with E-state index in [2.05, 4.69) is 16.2 Å². The van der Waals surface area contributed by atoms with Crippen LogP contribution in [0.5, 0.6) is 0 Å². The Hall–Kier alpha value is -2.55.